The van der Waals surface area contributed by atoms with Gasteiger partial charge in [-0.15, -0.1) is 0 Å². The minimum Gasteiger partial charge on any atom is -0.393 e. The van der Waals surface area contributed by atoms with Gasteiger partial charge in [-0.1, -0.05) is 122 Å². The Bertz CT molecular complexity index is 468. The summed E-state index contributed by atoms with van der Waals surface area (Å²) in [6, 6.07) is 0. The summed E-state index contributed by atoms with van der Waals surface area (Å²) >= 11 is 0. The monoisotopic (exact) mass is 498 g/mol. The Morgan fingerprint density at radius 1 is 0.686 bits per heavy atom. The largest absolute Gasteiger partial charge is 0.393 e. The predicted molar refractivity (Wildman–Crippen MR) is 146 cm³/mol. The smallest absolute Gasteiger partial charge is 0.169 e. The number of hydrogen-bond acceptors (Lipinski definition) is 5. The molecular weight excluding hydrogens is 440 g/mol. The summed E-state index contributed by atoms with van der Waals surface area (Å²) in [4.78, 5) is 22.6. The molecule has 0 radical (unpaired) electrons. The van der Waals surface area contributed by atoms with Gasteiger partial charge in [0, 0.05) is 19.4 Å². The maximum absolute atomic E-state index is 12.3. The molecule has 0 aromatic rings. The number of carbonyl (C=O) groups is 2. The van der Waals surface area contributed by atoms with Crippen LogP contribution in [0.1, 0.15) is 155 Å². The molecule has 0 aromatic heterocycles. The van der Waals surface area contributed by atoms with Crippen LogP contribution in [0.4, 0.5) is 0 Å². The fourth-order valence-corrected chi connectivity index (χ4v) is 4.48. The molecule has 0 saturated carbocycles. The molecule has 208 valence electrons. The van der Waals surface area contributed by atoms with Crippen molar-refractivity contribution < 1.29 is 24.5 Å². The number of aliphatic hydroxyl groups is 2. The highest BCUT2D eigenvalue weighted by molar-refractivity contribution is 5.87. The van der Waals surface area contributed by atoms with Crippen LogP contribution in [0.5, 0.6) is 0 Å². The van der Waals surface area contributed by atoms with Gasteiger partial charge >= 0.3 is 0 Å². The summed E-state index contributed by atoms with van der Waals surface area (Å²) < 4.78 is 5.54. The van der Waals surface area contributed by atoms with Crippen molar-refractivity contribution in [1.29, 1.82) is 0 Å². The molecule has 0 fully saturated rings. The molecule has 0 saturated heterocycles. The molecule has 0 rings (SSSR count). The van der Waals surface area contributed by atoms with Crippen LogP contribution >= 0.6 is 0 Å². The van der Waals surface area contributed by atoms with E-state index in [1.807, 2.05) is 0 Å². The first-order valence-electron chi connectivity index (χ1n) is 15.0. The predicted octanol–water partition coefficient (Wildman–Crippen LogP) is 7.49. The second-order valence-electron chi connectivity index (χ2n) is 10.4. The van der Waals surface area contributed by atoms with Crippen LogP contribution in [0.3, 0.4) is 0 Å². The Kier molecular flexibility index (Phi) is 25.7. The van der Waals surface area contributed by atoms with Crippen molar-refractivity contribution in [3.8, 4) is 0 Å². The number of ketones is 1. The van der Waals surface area contributed by atoms with E-state index in [-0.39, 0.29) is 18.8 Å². The highest BCUT2D eigenvalue weighted by Gasteiger charge is 2.34. The van der Waals surface area contributed by atoms with Crippen molar-refractivity contribution >= 4 is 12.1 Å². The Morgan fingerprint density at radius 3 is 1.57 bits per heavy atom. The van der Waals surface area contributed by atoms with E-state index in [2.05, 4.69) is 6.92 Å². The minimum atomic E-state index is -1.77. The van der Waals surface area contributed by atoms with Crippen LogP contribution < -0.4 is 0 Å². The van der Waals surface area contributed by atoms with Crippen molar-refractivity contribution in [2.75, 3.05) is 19.8 Å². The molecule has 1 unspecified atom stereocenters. The number of Topliss-reactive ketones (excluding diaryl/α,β-unsaturated/α-hetero) is 1. The van der Waals surface area contributed by atoms with Gasteiger partial charge in [0.1, 0.15) is 6.29 Å². The third kappa shape index (κ3) is 22.2. The lowest BCUT2D eigenvalue weighted by Gasteiger charge is -2.24. The van der Waals surface area contributed by atoms with Gasteiger partial charge in [-0.25, -0.2) is 0 Å². The average Bonchev–Trinajstić information content (AvgIpc) is 2.87. The number of aliphatic hydroxyl groups excluding tert-OH is 1. The van der Waals surface area contributed by atoms with E-state index in [4.69, 9.17) is 4.74 Å². The van der Waals surface area contributed by atoms with Crippen LogP contribution in [0, 0.1) is 0 Å². The Morgan fingerprint density at radius 2 is 1.11 bits per heavy atom. The molecule has 0 amide bonds. The molecule has 0 aliphatic rings. The first-order valence-corrected chi connectivity index (χ1v) is 15.0. The third-order valence-corrected chi connectivity index (χ3v) is 6.99. The molecule has 5 nitrogen and oxygen atoms in total. The molecule has 2 N–H and O–H groups in total. The zero-order valence-electron chi connectivity index (χ0n) is 23.1. The first-order chi connectivity index (χ1) is 17.1. The summed E-state index contributed by atoms with van der Waals surface area (Å²) in [5, 5.41) is 19.9. The van der Waals surface area contributed by atoms with Crippen molar-refractivity contribution in [2.24, 2.45) is 0 Å². The maximum atomic E-state index is 12.3. The molecular formula is C30H58O5. The summed E-state index contributed by atoms with van der Waals surface area (Å²) in [7, 11) is 0. The first kappa shape index (κ1) is 34.2. The Balaban J connectivity index is 3.50. The van der Waals surface area contributed by atoms with E-state index in [1.165, 1.54) is 89.9 Å². The average molecular weight is 499 g/mol. The van der Waals surface area contributed by atoms with E-state index in [0.717, 1.165) is 44.8 Å². The second kappa shape index (κ2) is 26.3. The van der Waals surface area contributed by atoms with Crippen LogP contribution in [0.2, 0.25) is 0 Å². The Hall–Kier alpha value is -0.780. The van der Waals surface area contributed by atoms with E-state index in [9.17, 15) is 19.8 Å². The van der Waals surface area contributed by atoms with E-state index in [0.29, 0.717) is 19.4 Å². The molecule has 1 atom stereocenters. The van der Waals surface area contributed by atoms with Crippen molar-refractivity contribution in [3.63, 3.8) is 0 Å². The van der Waals surface area contributed by atoms with Crippen molar-refractivity contribution in [1.82, 2.24) is 0 Å². The van der Waals surface area contributed by atoms with Gasteiger partial charge in [-0.3, -0.25) is 4.79 Å². The molecule has 0 aromatic carbocycles. The van der Waals surface area contributed by atoms with Crippen LogP contribution in [0.25, 0.3) is 0 Å². The summed E-state index contributed by atoms with van der Waals surface area (Å²) in [6.07, 6.45) is 27.4. The Labute approximate surface area is 216 Å². The SMILES string of the molecule is CCCCCCCCCCCCCCCCCCOCC(O)(CO)C(=O)CCCCCCCC=O. The van der Waals surface area contributed by atoms with Gasteiger partial charge in [0.15, 0.2) is 11.4 Å². The molecule has 0 aliphatic heterocycles. The zero-order valence-corrected chi connectivity index (χ0v) is 23.1. The summed E-state index contributed by atoms with van der Waals surface area (Å²) in [6.45, 7) is 2.07. The van der Waals surface area contributed by atoms with Crippen LogP contribution in [-0.2, 0) is 14.3 Å². The third-order valence-electron chi connectivity index (χ3n) is 6.99. The van der Waals surface area contributed by atoms with Crippen LogP contribution in [0.15, 0.2) is 0 Å². The summed E-state index contributed by atoms with van der Waals surface area (Å²) in [5.41, 5.74) is -1.77. The topological polar surface area (TPSA) is 83.8 Å². The number of hydrogen-bond donors (Lipinski definition) is 2. The number of unbranched alkanes of at least 4 members (excludes halogenated alkanes) is 20. The van der Waals surface area contributed by atoms with E-state index in [1.54, 1.807) is 0 Å². The second-order valence-corrected chi connectivity index (χ2v) is 10.4. The normalized spacial score (nSPS) is 13.1. The van der Waals surface area contributed by atoms with Gasteiger partial charge in [0.2, 0.25) is 0 Å². The van der Waals surface area contributed by atoms with Crippen molar-refractivity contribution in [3.05, 3.63) is 0 Å². The lowest BCUT2D eigenvalue weighted by atomic mass is 9.95. The van der Waals surface area contributed by atoms with Crippen molar-refractivity contribution in [2.45, 2.75) is 160 Å². The molecule has 0 spiro atoms. The lowest BCUT2D eigenvalue weighted by molar-refractivity contribution is -0.150. The van der Waals surface area contributed by atoms with Crippen LogP contribution in [-0.4, -0.2) is 47.7 Å². The zero-order chi connectivity index (χ0) is 25.9. The van der Waals surface area contributed by atoms with Gasteiger partial charge < -0.3 is 19.7 Å². The van der Waals surface area contributed by atoms with E-state index >= 15 is 0 Å². The van der Waals surface area contributed by atoms with E-state index < -0.39 is 12.2 Å². The molecule has 35 heavy (non-hydrogen) atoms. The summed E-state index contributed by atoms with van der Waals surface area (Å²) in [5.74, 6) is -0.333. The standard InChI is InChI=1S/C30H58O5/c1-2-3-4-5-6-7-8-9-10-11-12-13-14-17-20-23-26-35-28-30(34,27-32)29(33)24-21-18-15-16-19-22-25-31/h25,32,34H,2-24,26-28H2,1H3. The van der Waals surface area contributed by atoms with Gasteiger partial charge in [-0.05, 0) is 19.3 Å². The fourth-order valence-electron chi connectivity index (χ4n) is 4.48. The van der Waals surface area contributed by atoms with Gasteiger partial charge in [0.25, 0.3) is 0 Å². The molecule has 5 heteroatoms. The maximum Gasteiger partial charge on any atom is 0.169 e. The molecule has 0 bridgehead atoms. The highest BCUT2D eigenvalue weighted by Crippen LogP contribution is 2.16. The number of rotatable bonds is 29. The number of ether oxygens (including phenoxy) is 1. The van der Waals surface area contributed by atoms with Gasteiger partial charge in [-0.2, -0.15) is 0 Å². The highest BCUT2D eigenvalue weighted by atomic mass is 16.5. The minimum absolute atomic E-state index is 0.125. The quantitative estimate of drug-likeness (QED) is 0.0824. The molecule has 0 aliphatic carbocycles. The van der Waals surface area contributed by atoms with Gasteiger partial charge in [0.05, 0.1) is 13.2 Å². The fraction of sp³-hybridized carbons (Fsp3) is 0.933. The molecule has 0 heterocycles. The lowest BCUT2D eigenvalue weighted by Crippen LogP contribution is -2.46. The number of aldehydes is 1. The number of carbonyl (C=O) groups excluding carboxylic acids is 2.